The fraction of sp³-hybridized carbons (Fsp3) is 0.364. The molecule has 28 heavy (non-hydrogen) atoms. The van der Waals surface area contributed by atoms with Crippen molar-refractivity contribution in [3.63, 3.8) is 0 Å². The van der Waals surface area contributed by atoms with Crippen molar-refractivity contribution in [2.45, 2.75) is 40.5 Å². The van der Waals surface area contributed by atoms with E-state index in [2.05, 4.69) is 37.0 Å². The molecule has 0 bridgehead atoms. The van der Waals surface area contributed by atoms with Crippen LogP contribution in [0.3, 0.4) is 0 Å². The molecule has 4 heterocycles. The number of hydrogen-bond acceptors (Lipinski definition) is 5. The largest absolute Gasteiger partial charge is 0.464 e. The Balaban J connectivity index is 1.75. The number of anilines is 1. The lowest BCUT2D eigenvalue weighted by molar-refractivity contribution is 0.582. The maximum Gasteiger partial charge on any atom is 0.167 e. The van der Waals surface area contributed by atoms with Crippen LogP contribution in [0.5, 0.6) is 0 Å². The smallest absolute Gasteiger partial charge is 0.167 e. The van der Waals surface area contributed by atoms with Gasteiger partial charge in [-0.15, -0.1) is 11.3 Å². The third kappa shape index (κ3) is 3.33. The number of hydrogen-bond donors (Lipinski definition) is 0. The van der Waals surface area contributed by atoms with E-state index in [1.807, 2.05) is 41.8 Å². The van der Waals surface area contributed by atoms with Crippen LogP contribution in [-0.2, 0) is 0 Å². The Morgan fingerprint density at radius 1 is 1.18 bits per heavy atom. The van der Waals surface area contributed by atoms with Gasteiger partial charge in [0.15, 0.2) is 5.65 Å². The summed E-state index contributed by atoms with van der Waals surface area (Å²) >= 11 is 1.82. The Morgan fingerprint density at radius 3 is 2.75 bits per heavy atom. The predicted molar refractivity (Wildman–Crippen MR) is 116 cm³/mol. The third-order valence-corrected chi connectivity index (χ3v) is 6.14. The highest BCUT2D eigenvalue weighted by atomic mass is 32.1. The van der Waals surface area contributed by atoms with Crippen LogP contribution in [-0.4, -0.2) is 27.7 Å². The Kier molecular flexibility index (Phi) is 5.22. The number of aromatic nitrogens is 3. The van der Waals surface area contributed by atoms with E-state index >= 15 is 0 Å². The van der Waals surface area contributed by atoms with Gasteiger partial charge in [-0.2, -0.15) is 5.10 Å². The summed E-state index contributed by atoms with van der Waals surface area (Å²) in [7, 11) is 0. The zero-order chi connectivity index (χ0) is 19.7. The van der Waals surface area contributed by atoms with Gasteiger partial charge in [-0.3, -0.25) is 0 Å². The molecule has 0 aliphatic heterocycles. The van der Waals surface area contributed by atoms with Crippen molar-refractivity contribution in [3.05, 3.63) is 52.1 Å². The summed E-state index contributed by atoms with van der Waals surface area (Å²) in [6, 6.07) is 8.27. The molecule has 0 unspecified atom stereocenters. The van der Waals surface area contributed by atoms with E-state index in [1.165, 1.54) is 22.7 Å². The van der Waals surface area contributed by atoms with Crippen molar-refractivity contribution in [3.8, 4) is 11.3 Å². The van der Waals surface area contributed by atoms with E-state index in [0.717, 1.165) is 46.8 Å². The van der Waals surface area contributed by atoms with E-state index < -0.39 is 0 Å². The van der Waals surface area contributed by atoms with Gasteiger partial charge in [-0.05, 0) is 57.5 Å². The number of thiophene rings is 1. The fourth-order valence-corrected chi connectivity index (χ4v) is 4.56. The van der Waals surface area contributed by atoms with Crippen LogP contribution in [0.1, 0.15) is 43.0 Å². The normalized spacial score (nSPS) is 12.4. The summed E-state index contributed by atoms with van der Waals surface area (Å²) in [6.45, 7) is 10.6. The summed E-state index contributed by atoms with van der Waals surface area (Å²) in [5.74, 6) is 0.810. The molecule has 0 radical (unpaired) electrons. The average molecular weight is 395 g/mol. The quantitative estimate of drug-likeness (QED) is 0.450. The monoisotopic (exact) mass is 394 g/mol. The van der Waals surface area contributed by atoms with Gasteiger partial charge < -0.3 is 9.32 Å². The van der Waals surface area contributed by atoms with Gasteiger partial charge in [0.1, 0.15) is 5.76 Å². The Morgan fingerprint density at radius 2 is 2.04 bits per heavy atom. The lowest BCUT2D eigenvalue weighted by Gasteiger charge is -2.20. The van der Waals surface area contributed by atoms with Crippen LogP contribution < -0.4 is 10.2 Å². The molecule has 0 fully saturated rings. The molecule has 4 rings (SSSR count). The molecule has 6 heteroatoms. The van der Waals surface area contributed by atoms with Crippen LogP contribution in [0.4, 0.5) is 5.00 Å². The summed E-state index contributed by atoms with van der Waals surface area (Å²) in [6.07, 6.45) is 6.31. The number of rotatable bonds is 7. The van der Waals surface area contributed by atoms with Crippen LogP contribution in [0.2, 0.25) is 0 Å². The van der Waals surface area contributed by atoms with E-state index in [-0.39, 0.29) is 0 Å². The first-order chi connectivity index (χ1) is 13.6. The van der Waals surface area contributed by atoms with Crippen molar-refractivity contribution in [1.29, 1.82) is 0 Å². The van der Waals surface area contributed by atoms with Gasteiger partial charge in [0, 0.05) is 18.0 Å². The molecule has 0 spiro atoms. The lowest BCUT2D eigenvalue weighted by atomic mass is 10.2. The van der Waals surface area contributed by atoms with Crippen LogP contribution in [0.25, 0.3) is 23.0 Å². The van der Waals surface area contributed by atoms with E-state index in [4.69, 9.17) is 14.5 Å². The van der Waals surface area contributed by atoms with Crippen LogP contribution in [0.15, 0.2) is 34.9 Å². The van der Waals surface area contributed by atoms with Gasteiger partial charge >= 0.3 is 0 Å². The summed E-state index contributed by atoms with van der Waals surface area (Å²) in [5.41, 5.74) is 3.72. The zero-order valence-corrected chi connectivity index (χ0v) is 17.7. The topological polar surface area (TPSA) is 46.6 Å². The molecule has 0 N–H and O–H groups in total. The second-order valence-corrected chi connectivity index (χ2v) is 8.10. The van der Waals surface area contributed by atoms with Gasteiger partial charge in [0.05, 0.1) is 33.6 Å². The molecule has 5 nitrogen and oxygen atoms in total. The first-order valence-electron chi connectivity index (χ1n) is 9.88. The van der Waals surface area contributed by atoms with Crippen molar-refractivity contribution in [1.82, 2.24) is 14.6 Å². The van der Waals surface area contributed by atoms with Crippen molar-refractivity contribution >= 4 is 28.1 Å². The molecule has 0 atom stereocenters. The highest BCUT2D eigenvalue weighted by Gasteiger charge is 2.18. The summed E-state index contributed by atoms with van der Waals surface area (Å²) < 4.78 is 7.54. The molecule has 146 valence electrons. The molecule has 0 aliphatic rings. The standard InChI is InChI=1S/C22H26N4OS/c1-5-7-12-25(6-2)20-11-10-17(28-20)14-18-15(3)23-22-21(16(4)24-26(18)22)19-9-8-13-27-19/h8-11,13-14H,5-7,12H2,1-4H3/b18-14-. The second-order valence-electron chi connectivity index (χ2n) is 7.01. The van der Waals surface area contributed by atoms with E-state index in [0.29, 0.717) is 0 Å². The summed E-state index contributed by atoms with van der Waals surface area (Å²) in [5, 5.41) is 7.09. The minimum absolute atomic E-state index is 0.810. The fourth-order valence-electron chi connectivity index (χ4n) is 3.53. The third-order valence-electron chi connectivity index (χ3n) is 5.04. The SMILES string of the molecule is CCCCN(CC)c1ccc(/C=c2/c(C)nc3c(-c4ccco4)c(C)nn23)s1. The zero-order valence-electron chi connectivity index (χ0n) is 16.9. The molecule has 0 amide bonds. The molecule has 0 saturated carbocycles. The number of furan rings is 1. The van der Waals surface area contributed by atoms with Crippen LogP contribution in [0, 0.1) is 13.8 Å². The highest BCUT2D eigenvalue weighted by molar-refractivity contribution is 7.16. The van der Waals surface area contributed by atoms with E-state index in [9.17, 15) is 0 Å². The molecule has 0 saturated heterocycles. The van der Waals surface area contributed by atoms with Crippen LogP contribution >= 0.6 is 11.3 Å². The Bertz CT molecular complexity index is 1120. The molecule has 0 aromatic carbocycles. The number of aryl methyl sites for hydroxylation is 2. The van der Waals surface area contributed by atoms with Gasteiger partial charge in [-0.25, -0.2) is 9.50 Å². The Hall–Kier alpha value is -2.60. The van der Waals surface area contributed by atoms with E-state index in [1.54, 1.807) is 6.26 Å². The molecule has 4 aromatic heterocycles. The molecular weight excluding hydrogens is 368 g/mol. The first kappa shape index (κ1) is 18.7. The maximum absolute atomic E-state index is 5.60. The lowest BCUT2D eigenvalue weighted by Crippen LogP contribution is -2.22. The maximum atomic E-state index is 5.60. The van der Waals surface area contributed by atoms with Crippen molar-refractivity contribution in [2.24, 2.45) is 0 Å². The predicted octanol–water partition coefficient (Wildman–Crippen LogP) is 4.84. The minimum atomic E-state index is 0.810. The number of unbranched alkanes of at least 4 members (excludes halogenated alkanes) is 1. The summed E-state index contributed by atoms with van der Waals surface area (Å²) in [4.78, 5) is 8.45. The number of nitrogens with zero attached hydrogens (tertiary/aromatic N) is 4. The average Bonchev–Trinajstić information content (AvgIpc) is 3.44. The number of fused-ring (bicyclic) bond motifs is 1. The van der Waals surface area contributed by atoms with Gasteiger partial charge in [0.2, 0.25) is 0 Å². The molecule has 0 aliphatic carbocycles. The van der Waals surface area contributed by atoms with Gasteiger partial charge in [-0.1, -0.05) is 13.3 Å². The second kappa shape index (κ2) is 7.80. The highest BCUT2D eigenvalue weighted by Crippen LogP contribution is 2.28. The van der Waals surface area contributed by atoms with Crippen molar-refractivity contribution in [2.75, 3.05) is 18.0 Å². The van der Waals surface area contributed by atoms with Crippen molar-refractivity contribution < 1.29 is 4.42 Å². The molecule has 4 aromatic rings. The first-order valence-corrected chi connectivity index (χ1v) is 10.7. The number of imidazole rings is 1. The molecular formula is C22H26N4OS. The van der Waals surface area contributed by atoms with Gasteiger partial charge in [0.25, 0.3) is 0 Å². The minimum Gasteiger partial charge on any atom is -0.464 e. The Labute approximate surface area is 169 Å².